The predicted molar refractivity (Wildman–Crippen MR) is 166 cm³/mol. The Balaban J connectivity index is 1.33. The first-order valence-corrected chi connectivity index (χ1v) is 14.1. The van der Waals surface area contributed by atoms with Crippen LogP contribution in [0.4, 0.5) is 0 Å². The molecule has 0 unspecified atom stereocenters. The molecule has 0 saturated carbocycles. The quantitative estimate of drug-likeness (QED) is 0.227. The second-order valence-corrected chi connectivity index (χ2v) is 10.9. The Bertz CT molecular complexity index is 2120. The Hall–Kier alpha value is -5.06. The van der Waals surface area contributed by atoms with E-state index >= 15 is 0 Å². The van der Waals surface area contributed by atoms with E-state index in [4.69, 9.17) is 14.4 Å². The monoisotopic (exact) mass is 530 g/mol. The number of fused-ring (bicyclic) bond motifs is 4. The van der Waals surface area contributed by atoms with Gasteiger partial charge < -0.3 is 4.42 Å². The summed E-state index contributed by atoms with van der Waals surface area (Å²) in [7, 11) is 0. The first-order chi connectivity index (χ1) is 19.8. The molecule has 0 N–H and O–H groups in total. The fourth-order valence-corrected chi connectivity index (χ4v) is 6.36. The number of thiophene rings is 1. The second-order valence-electron chi connectivity index (χ2n) is 9.83. The van der Waals surface area contributed by atoms with Gasteiger partial charge in [-0.2, -0.15) is 0 Å². The Morgan fingerprint density at radius 2 is 1.23 bits per heavy atom. The topological polar surface area (TPSA) is 38.9 Å². The minimum Gasteiger partial charge on any atom is -0.455 e. The molecule has 0 aliphatic rings. The normalized spacial score (nSPS) is 11.5. The molecule has 0 saturated heterocycles. The average Bonchev–Trinajstić information content (AvgIpc) is 3.63. The van der Waals surface area contributed by atoms with Gasteiger partial charge in [-0.3, -0.25) is 0 Å². The summed E-state index contributed by atoms with van der Waals surface area (Å²) in [6.07, 6.45) is 0. The number of benzene rings is 5. The van der Waals surface area contributed by atoms with Crippen LogP contribution in [0, 0.1) is 0 Å². The van der Waals surface area contributed by atoms with Crippen molar-refractivity contribution in [3.63, 3.8) is 0 Å². The summed E-state index contributed by atoms with van der Waals surface area (Å²) in [6, 6.07) is 46.2. The number of para-hydroxylation sites is 2. The van der Waals surface area contributed by atoms with Crippen LogP contribution in [0.25, 0.3) is 76.4 Å². The summed E-state index contributed by atoms with van der Waals surface area (Å²) in [5.41, 5.74) is 7.76. The van der Waals surface area contributed by atoms with Crippen LogP contribution in [-0.2, 0) is 0 Å². The molecule has 0 aliphatic carbocycles. The highest BCUT2D eigenvalue weighted by Crippen LogP contribution is 2.38. The molecular weight excluding hydrogens is 508 g/mol. The van der Waals surface area contributed by atoms with E-state index in [1.807, 2.05) is 24.3 Å². The Morgan fingerprint density at radius 1 is 0.525 bits per heavy atom. The highest BCUT2D eigenvalue weighted by atomic mass is 32.1. The van der Waals surface area contributed by atoms with Gasteiger partial charge in [-0.1, -0.05) is 103 Å². The molecule has 3 nitrogen and oxygen atoms in total. The summed E-state index contributed by atoms with van der Waals surface area (Å²) in [4.78, 5) is 11.3. The zero-order valence-electron chi connectivity index (χ0n) is 21.4. The molecule has 0 fully saturated rings. The third kappa shape index (κ3) is 3.89. The van der Waals surface area contributed by atoms with E-state index in [1.165, 1.54) is 21.2 Å². The van der Waals surface area contributed by atoms with Crippen molar-refractivity contribution < 1.29 is 4.42 Å². The van der Waals surface area contributed by atoms with Crippen LogP contribution < -0.4 is 0 Å². The molecular formula is C36H22N2OS. The Kier molecular flexibility index (Phi) is 5.32. The van der Waals surface area contributed by atoms with Crippen LogP contribution in [-0.4, -0.2) is 9.97 Å². The van der Waals surface area contributed by atoms with Crippen molar-refractivity contribution in [2.45, 2.75) is 0 Å². The molecule has 0 bridgehead atoms. The van der Waals surface area contributed by atoms with E-state index in [-0.39, 0.29) is 0 Å². The standard InChI is InChI=1S/C36H22N2OS/c1-2-9-23(10-3-1)24-17-19-25(20-18-24)30-22-31(34-21-26-11-4-7-16-33(26)40-34)38-36(37-30)29-14-8-13-28-27-12-5-6-15-32(27)39-35(28)29/h1-22H. The van der Waals surface area contributed by atoms with Crippen LogP contribution in [0.15, 0.2) is 138 Å². The fourth-order valence-electron chi connectivity index (χ4n) is 5.34. The smallest absolute Gasteiger partial charge is 0.164 e. The molecule has 0 aliphatic heterocycles. The average molecular weight is 531 g/mol. The highest BCUT2D eigenvalue weighted by Gasteiger charge is 2.17. The number of hydrogen-bond acceptors (Lipinski definition) is 4. The van der Waals surface area contributed by atoms with Gasteiger partial charge in [0.05, 0.1) is 21.8 Å². The fraction of sp³-hybridized carbons (Fsp3) is 0. The van der Waals surface area contributed by atoms with Gasteiger partial charge in [0.1, 0.15) is 11.2 Å². The molecule has 5 aromatic carbocycles. The van der Waals surface area contributed by atoms with Crippen LogP contribution in [0.2, 0.25) is 0 Å². The van der Waals surface area contributed by atoms with E-state index in [2.05, 4.69) is 109 Å². The molecule has 4 heteroatoms. The molecule has 0 amide bonds. The van der Waals surface area contributed by atoms with Gasteiger partial charge in [0.2, 0.25) is 0 Å². The van der Waals surface area contributed by atoms with E-state index < -0.39 is 0 Å². The van der Waals surface area contributed by atoms with Gasteiger partial charge in [0, 0.05) is 21.0 Å². The third-order valence-electron chi connectivity index (χ3n) is 7.34. The zero-order chi connectivity index (χ0) is 26.5. The maximum atomic E-state index is 6.36. The van der Waals surface area contributed by atoms with Crippen LogP contribution >= 0.6 is 11.3 Å². The lowest BCUT2D eigenvalue weighted by atomic mass is 10.0. The van der Waals surface area contributed by atoms with E-state index in [0.717, 1.165) is 49.3 Å². The van der Waals surface area contributed by atoms with Crippen molar-refractivity contribution in [3.05, 3.63) is 133 Å². The maximum Gasteiger partial charge on any atom is 0.164 e. The van der Waals surface area contributed by atoms with Crippen molar-refractivity contribution in [2.24, 2.45) is 0 Å². The van der Waals surface area contributed by atoms with Gasteiger partial charge in [0.25, 0.3) is 0 Å². The lowest BCUT2D eigenvalue weighted by Crippen LogP contribution is -1.95. The van der Waals surface area contributed by atoms with Crippen LogP contribution in [0.5, 0.6) is 0 Å². The largest absolute Gasteiger partial charge is 0.455 e. The molecule has 0 radical (unpaired) electrons. The maximum absolute atomic E-state index is 6.36. The number of nitrogens with zero attached hydrogens (tertiary/aromatic N) is 2. The second kappa shape index (κ2) is 9.30. The molecule has 188 valence electrons. The first-order valence-electron chi connectivity index (χ1n) is 13.2. The summed E-state index contributed by atoms with van der Waals surface area (Å²) in [6.45, 7) is 0. The predicted octanol–water partition coefficient (Wildman–Crippen LogP) is 10.3. The molecule has 8 aromatic rings. The van der Waals surface area contributed by atoms with E-state index in [9.17, 15) is 0 Å². The summed E-state index contributed by atoms with van der Waals surface area (Å²) >= 11 is 1.75. The number of furan rings is 1. The molecule has 40 heavy (non-hydrogen) atoms. The van der Waals surface area contributed by atoms with Gasteiger partial charge in [-0.25, -0.2) is 9.97 Å². The summed E-state index contributed by atoms with van der Waals surface area (Å²) < 4.78 is 7.61. The Morgan fingerprint density at radius 3 is 2.10 bits per heavy atom. The van der Waals surface area contributed by atoms with E-state index in [0.29, 0.717) is 5.82 Å². The summed E-state index contributed by atoms with van der Waals surface area (Å²) in [5.74, 6) is 0.654. The van der Waals surface area contributed by atoms with Crippen molar-refractivity contribution in [3.8, 4) is 44.3 Å². The number of aromatic nitrogens is 2. The van der Waals surface area contributed by atoms with E-state index in [1.54, 1.807) is 11.3 Å². The molecule has 3 heterocycles. The van der Waals surface area contributed by atoms with Crippen molar-refractivity contribution in [1.29, 1.82) is 0 Å². The lowest BCUT2D eigenvalue weighted by Gasteiger charge is -2.09. The molecule has 0 atom stereocenters. The minimum atomic E-state index is 0.654. The summed E-state index contributed by atoms with van der Waals surface area (Å²) in [5, 5.41) is 3.38. The molecule has 3 aromatic heterocycles. The van der Waals surface area contributed by atoms with Crippen LogP contribution in [0.3, 0.4) is 0 Å². The van der Waals surface area contributed by atoms with Gasteiger partial charge in [-0.15, -0.1) is 11.3 Å². The number of hydrogen-bond donors (Lipinski definition) is 0. The van der Waals surface area contributed by atoms with Gasteiger partial charge in [0.15, 0.2) is 5.82 Å². The van der Waals surface area contributed by atoms with Crippen molar-refractivity contribution in [2.75, 3.05) is 0 Å². The number of rotatable bonds is 4. The SMILES string of the molecule is c1ccc(-c2ccc(-c3cc(-c4cc5ccccc5s4)nc(-c4cccc5c4oc4ccccc45)n3)cc2)cc1. The third-order valence-corrected chi connectivity index (χ3v) is 8.48. The van der Waals surface area contributed by atoms with Crippen molar-refractivity contribution >= 4 is 43.4 Å². The lowest BCUT2D eigenvalue weighted by molar-refractivity contribution is 0.669. The highest BCUT2D eigenvalue weighted by molar-refractivity contribution is 7.22. The first kappa shape index (κ1) is 22.9. The van der Waals surface area contributed by atoms with Gasteiger partial charge in [-0.05, 0) is 46.8 Å². The molecule has 8 rings (SSSR count). The molecule has 0 spiro atoms. The van der Waals surface area contributed by atoms with Crippen molar-refractivity contribution in [1.82, 2.24) is 9.97 Å². The van der Waals surface area contributed by atoms with Crippen LogP contribution in [0.1, 0.15) is 0 Å². The zero-order valence-corrected chi connectivity index (χ0v) is 22.2. The van der Waals surface area contributed by atoms with Gasteiger partial charge >= 0.3 is 0 Å². The minimum absolute atomic E-state index is 0.654. The Labute approximate surface area is 235 Å².